The van der Waals surface area contributed by atoms with E-state index in [1.165, 1.54) is 19.1 Å². The van der Waals surface area contributed by atoms with Crippen LogP contribution in [0.3, 0.4) is 0 Å². The normalized spacial score (nSPS) is 10.7. The summed E-state index contributed by atoms with van der Waals surface area (Å²) in [5, 5.41) is 18.1. The summed E-state index contributed by atoms with van der Waals surface area (Å²) in [5.74, 6) is 0.148. The number of hydrogen-bond donors (Lipinski definition) is 3. The molecule has 0 saturated carbocycles. The second-order valence-corrected chi connectivity index (χ2v) is 2.44. The summed E-state index contributed by atoms with van der Waals surface area (Å²) in [4.78, 5) is 0. The molecular formula is C8H14ClNO4. The van der Waals surface area contributed by atoms with Crippen LogP contribution in [0, 0.1) is 0 Å². The maximum absolute atomic E-state index is 9.22. The number of hydrogen-bond acceptors (Lipinski definition) is 4. The predicted octanol–water partition coefficient (Wildman–Crippen LogP) is 0.289. The van der Waals surface area contributed by atoms with Crippen LogP contribution in [-0.4, -0.2) is 22.0 Å². The minimum Gasteiger partial charge on any atom is -0.504 e. The summed E-state index contributed by atoms with van der Waals surface area (Å²) < 4.78 is 4.85. The summed E-state index contributed by atoms with van der Waals surface area (Å²) in [6.45, 7) is 1.45. The van der Waals surface area contributed by atoms with Gasteiger partial charge in [0.25, 0.3) is 0 Å². The lowest BCUT2D eigenvalue weighted by Gasteiger charge is -2.09. The monoisotopic (exact) mass is 223 g/mol. The van der Waals surface area contributed by atoms with Crippen LogP contribution in [0.1, 0.15) is 6.92 Å². The smallest absolute Gasteiger partial charge is 0.194 e. The highest BCUT2D eigenvalue weighted by molar-refractivity contribution is 5.85. The third-order valence-corrected chi connectivity index (χ3v) is 1.28. The molecule has 5 nitrogen and oxygen atoms in total. The van der Waals surface area contributed by atoms with Gasteiger partial charge in [-0.15, -0.1) is 12.4 Å². The zero-order valence-corrected chi connectivity index (χ0v) is 8.41. The number of anilines is 1. The quantitative estimate of drug-likeness (QED) is 0.495. The molecule has 0 spiro atoms. The summed E-state index contributed by atoms with van der Waals surface area (Å²) in [5.41, 5.74) is 5.83. The van der Waals surface area contributed by atoms with Crippen LogP contribution in [0.15, 0.2) is 18.2 Å². The number of rotatable bonds is 2. The maximum atomic E-state index is 9.22. The fourth-order valence-corrected chi connectivity index (χ4v) is 0.818. The minimum atomic E-state index is -0.945. The second kappa shape index (κ2) is 6.31. The molecule has 6 heteroatoms. The molecule has 1 aromatic carbocycles. The van der Waals surface area contributed by atoms with Crippen LogP contribution in [-0.2, 0) is 0 Å². The van der Waals surface area contributed by atoms with Crippen molar-refractivity contribution >= 4 is 18.1 Å². The van der Waals surface area contributed by atoms with E-state index in [9.17, 15) is 5.11 Å². The molecule has 0 radical (unpaired) electrons. The molecule has 0 aliphatic rings. The first-order valence-electron chi connectivity index (χ1n) is 3.53. The predicted molar refractivity (Wildman–Crippen MR) is 55.7 cm³/mol. The van der Waals surface area contributed by atoms with Crippen molar-refractivity contribution in [3.8, 4) is 11.5 Å². The SMILES string of the molecule is CC(O)Oc1ccc(N)cc1O.Cl.O. The van der Waals surface area contributed by atoms with Gasteiger partial charge in [0.05, 0.1) is 0 Å². The molecule has 0 saturated heterocycles. The third-order valence-electron chi connectivity index (χ3n) is 1.28. The van der Waals surface area contributed by atoms with Crippen molar-refractivity contribution in [3.63, 3.8) is 0 Å². The van der Waals surface area contributed by atoms with Gasteiger partial charge in [0.2, 0.25) is 0 Å². The molecule has 1 unspecified atom stereocenters. The van der Waals surface area contributed by atoms with Gasteiger partial charge < -0.3 is 26.2 Å². The topological polar surface area (TPSA) is 107 Å². The highest BCUT2D eigenvalue weighted by Crippen LogP contribution is 2.28. The fraction of sp³-hybridized carbons (Fsp3) is 0.250. The summed E-state index contributed by atoms with van der Waals surface area (Å²) in [6.07, 6.45) is -0.945. The lowest BCUT2D eigenvalue weighted by atomic mass is 10.3. The summed E-state index contributed by atoms with van der Waals surface area (Å²) >= 11 is 0. The average Bonchev–Trinajstić information content (AvgIpc) is 1.94. The molecule has 1 rings (SSSR count). The van der Waals surface area contributed by atoms with Crippen LogP contribution in [0.4, 0.5) is 5.69 Å². The van der Waals surface area contributed by atoms with Gasteiger partial charge in [0, 0.05) is 11.8 Å². The van der Waals surface area contributed by atoms with Crippen molar-refractivity contribution in [2.45, 2.75) is 13.2 Å². The van der Waals surface area contributed by atoms with Crippen molar-refractivity contribution in [2.75, 3.05) is 5.73 Å². The van der Waals surface area contributed by atoms with E-state index in [1.807, 2.05) is 0 Å². The van der Waals surface area contributed by atoms with E-state index in [0.29, 0.717) is 5.69 Å². The Balaban J connectivity index is 0. The molecule has 82 valence electrons. The number of benzene rings is 1. The van der Waals surface area contributed by atoms with Gasteiger partial charge in [-0.1, -0.05) is 0 Å². The Bertz CT molecular complexity index is 280. The first-order valence-corrected chi connectivity index (χ1v) is 3.53. The van der Waals surface area contributed by atoms with E-state index < -0.39 is 6.29 Å². The second-order valence-electron chi connectivity index (χ2n) is 2.44. The highest BCUT2D eigenvalue weighted by atomic mass is 35.5. The average molecular weight is 224 g/mol. The molecular weight excluding hydrogens is 210 g/mol. The van der Waals surface area contributed by atoms with Gasteiger partial charge in [-0.2, -0.15) is 0 Å². The van der Waals surface area contributed by atoms with Crippen molar-refractivity contribution in [2.24, 2.45) is 0 Å². The number of phenolic OH excluding ortho intramolecular Hbond substituents is 1. The molecule has 0 bridgehead atoms. The van der Waals surface area contributed by atoms with Gasteiger partial charge in [-0.3, -0.25) is 0 Å². The van der Waals surface area contributed by atoms with E-state index >= 15 is 0 Å². The van der Waals surface area contributed by atoms with E-state index in [1.54, 1.807) is 6.07 Å². The maximum Gasteiger partial charge on any atom is 0.194 e. The minimum absolute atomic E-state index is 0. The number of halogens is 1. The van der Waals surface area contributed by atoms with E-state index in [-0.39, 0.29) is 29.4 Å². The van der Waals surface area contributed by atoms with Crippen molar-refractivity contribution in [1.29, 1.82) is 0 Å². The Hall–Kier alpha value is -1.17. The zero-order valence-electron chi connectivity index (χ0n) is 7.60. The molecule has 0 aromatic heterocycles. The lowest BCUT2D eigenvalue weighted by molar-refractivity contribution is -0.00205. The van der Waals surface area contributed by atoms with Crippen LogP contribution in [0.2, 0.25) is 0 Å². The van der Waals surface area contributed by atoms with Crippen molar-refractivity contribution in [1.82, 2.24) is 0 Å². The standard InChI is InChI=1S/C8H11NO3.ClH.H2O/c1-5(10)12-8-3-2-6(9)4-7(8)11;;/h2-5,10-11H,9H2,1H3;1H;1H2. The largest absolute Gasteiger partial charge is 0.504 e. The van der Waals surface area contributed by atoms with Crippen molar-refractivity contribution in [3.05, 3.63) is 18.2 Å². The van der Waals surface area contributed by atoms with Crippen molar-refractivity contribution < 1.29 is 20.4 Å². The van der Waals surface area contributed by atoms with Gasteiger partial charge in [-0.25, -0.2) is 0 Å². The van der Waals surface area contributed by atoms with Crippen LogP contribution in [0.25, 0.3) is 0 Å². The van der Waals surface area contributed by atoms with E-state index in [0.717, 1.165) is 0 Å². The number of nitrogen functional groups attached to an aromatic ring is 1. The van der Waals surface area contributed by atoms with Gasteiger partial charge in [0.15, 0.2) is 17.8 Å². The number of aromatic hydroxyl groups is 1. The Morgan fingerprint density at radius 2 is 2.00 bits per heavy atom. The molecule has 0 amide bonds. The van der Waals surface area contributed by atoms with Gasteiger partial charge in [0.1, 0.15) is 0 Å². The molecule has 1 aromatic rings. The highest BCUT2D eigenvalue weighted by Gasteiger charge is 2.04. The molecule has 6 N–H and O–H groups in total. The van der Waals surface area contributed by atoms with Crippen LogP contribution < -0.4 is 10.5 Å². The van der Waals surface area contributed by atoms with Crippen LogP contribution >= 0.6 is 12.4 Å². The summed E-state index contributed by atoms with van der Waals surface area (Å²) in [6, 6.07) is 4.44. The van der Waals surface area contributed by atoms with Gasteiger partial charge >= 0.3 is 0 Å². The number of aliphatic hydroxyl groups is 1. The first kappa shape index (κ1) is 15.3. The van der Waals surface area contributed by atoms with Crippen LogP contribution in [0.5, 0.6) is 11.5 Å². The Labute approximate surface area is 87.8 Å². The lowest BCUT2D eigenvalue weighted by Crippen LogP contribution is -2.09. The fourth-order valence-electron chi connectivity index (χ4n) is 0.818. The molecule has 0 heterocycles. The molecule has 1 atom stereocenters. The zero-order chi connectivity index (χ0) is 9.14. The Kier molecular flexibility index (Phi) is 6.90. The van der Waals surface area contributed by atoms with E-state index in [2.05, 4.69) is 0 Å². The Morgan fingerprint density at radius 3 is 2.43 bits per heavy atom. The van der Waals surface area contributed by atoms with E-state index in [4.69, 9.17) is 15.6 Å². The first-order chi connectivity index (χ1) is 5.59. The molecule has 14 heavy (non-hydrogen) atoms. The summed E-state index contributed by atoms with van der Waals surface area (Å²) in [7, 11) is 0. The molecule has 0 aliphatic heterocycles. The number of phenols is 1. The number of aliphatic hydroxyl groups excluding tert-OH is 1. The van der Waals surface area contributed by atoms with Gasteiger partial charge in [-0.05, 0) is 19.1 Å². The Morgan fingerprint density at radius 1 is 1.43 bits per heavy atom. The molecule has 0 aliphatic carbocycles. The number of ether oxygens (including phenoxy) is 1. The third kappa shape index (κ3) is 4.18. The molecule has 0 fully saturated rings. The number of nitrogens with two attached hydrogens (primary N) is 1.